The molecule has 0 amide bonds. The van der Waals surface area contributed by atoms with Gasteiger partial charge in [0, 0.05) is 17.5 Å². The van der Waals surface area contributed by atoms with Crippen molar-refractivity contribution in [2.24, 2.45) is 0 Å². The molecule has 0 spiro atoms. The fourth-order valence-corrected chi connectivity index (χ4v) is 2.48. The van der Waals surface area contributed by atoms with Crippen LogP contribution in [0, 0.1) is 0 Å². The van der Waals surface area contributed by atoms with Gasteiger partial charge in [0.15, 0.2) is 0 Å². The molecule has 4 heteroatoms. The van der Waals surface area contributed by atoms with Crippen LogP contribution in [-0.2, 0) is 0 Å². The standard InChI is InChI=1S/C14H19NO2S/c1-5-9-15(10(2)3)11-7-6-8-12(18-4)13(11)14(16)17/h5-8,10H,1,9H2,2-4H3,(H,16,17). The summed E-state index contributed by atoms with van der Waals surface area (Å²) in [5.74, 6) is -0.885. The molecule has 1 aromatic carbocycles. The lowest BCUT2D eigenvalue weighted by atomic mass is 10.1. The van der Waals surface area contributed by atoms with Crippen LogP contribution < -0.4 is 4.90 Å². The average Bonchev–Trinajstić information content (AvgIpc) is 2.34. The molecule has 0 unspecified atom stereocenters. The summed E-state index contributed by atoms with van der Waals surface area (Å²) in [4.78, 5) is 14.3. The smallest absolute Gasteiger partial charge is 0.338 e. The normalized spacial score (nSPS) is 10.4. The summed E-state index contributed by atoms with van der Waals surface area (Å²) in [5.41, 5.74) is 1.13. The number of anilines is 1. The van der Waals surface area contributed by atoms with E-state index in [1.165, 1.54) is 11.8 Å². The van der Waals surface area contributed by atoms with Gasteiger partial charge < -0.3 is 10.0 Å². The maximum Gasteiger partial charge on any atom is 0.338 e. The van der Waals surface area contributed by atoms with Crippen molar-refractivity contribution in [3.63, 3.8) is 0 Å². The molecule has 18 heavy (non-hydrogen) atoms. The van der Waals surface area contributed by atoms with Crippen molar-refractivity contribution >= 4 is 23.4 Å². The van der Waals surface area contributed by atoms with Crippen molar-refractivity contribution in [2.75, 3.05) is 17.7 Å². The molecule has 0 heterocycles. The summed E-state index contributed by atoms with van der Waals surface area (Å²) in [6.07, 6.45) is 3.68. The Kier molecular flexibility index (Phi) is 5.28. The molecule has 0 aliphatic rings. The van der Waals surface area contributed by atoms with Crippen LogP contribution >= 0.6 is 11.8 Å². The zero-order valence-corrected chi connectivity index (χ0v) is 11.8. The first-order chi connectivity index (χ1) is 8.52. The van der Waals surface area contributed by atoms with Gasteiger partial charge in [0.2, 0.25) is 0 Å². The van der Waals surface area contributed by atoms with E-state index in [1.807, 2.05) is 43.2 Å². The molecule has 3 nitrogen and oxygen atoms in total. The summed E-state index contributed by atoms with van der Waals surface area (Å²) in [5, 5.41) is 9.41. The first kappa shape index (κ1) is 14.6. The minimum atomic E-state index is -0.885. The summed E-state index contributed by atoms with van der Waals surface area (Å²) < 4.78 is 0. The number of thioether (sulfide) groups is 1. The summed E-state index contributed by atoms with van der Waals surface area (Å²) >= 11 is 1.45. The van der Waals surface area contributed by atoms with Gasteiger partial charge in [0.05, 0.1) is 11.3 Å². The van der Waals surface area contributed by atoms with E-state index in [0.29, 0.717) is 12.1 Å². The number of nitrogens with zero attached hydrogens (tertiary/aromatic N) is 1. The largest absolute Gasteiger partial charge is 0.478 e. The van der Waals surface area contributed by atoms with Crippen molar-refractivity contribution in [2.45, 2.75) is 24.8 Å². The number of benzene rings is 1. The van der Waals surface area contributed by atoms with Gasteiger partial charge in [-0.2, -0.15) is 0 Å². The Hall–Kier alpha value is -1.42. The van der Waals surface area contributed by atoms with Crippen LogP contribution in [0.2, 0.25) is 0 Å². The molecule has 0 bridgehead atoms. The van der Waals surface area contributed by atoms with Crippen LogP contribution in [0.1, 0.15) is 24.2 Å². The highest BCUT2D eigenvalue weighted by Crippen LogP contribution is 2.30. The molecule has 1 rings (SSSR count). The van der Waals surface area contributed by atoms with Crippen LogP contribution in [0.5, 0.6) is 0 Å². The van der Waals surface area contributed by atoms with Crippen molar-refractivity contribution in [3.05, 3.63) is 36.4 Å². The van der Waals surface area contributed by atoms with Crippen LogP contribution in [0.15, 0.2) is 35.7 Å². The molecule has 0 atom stereocenters. The molecule has 0 radical (unpaired) electrons. The summed E-state index contributed by atoms with van der Waals surface area (Å²) in [7, 11) is 0. The molecular weight excluding hydrogens is 246 g/mol. The van der Waals surface area contributed by atoms with Gasteiger partial charge >= 0.3 is 5.97 Å². The predicted molar refractivity (Wildman–Crippen MR) is 77.9 cm³/mol. The van der Waals surface area contributed by atoms with Gasteiger partial charge in [-0.3, -0.25) is 0 Å². The third-order valence-electron chi connectivity index (χ3n) is 2.70. The topological polar surface area (TPSA) is 40.5 Å². The van der Waals surface area contributed by atoms with Gasteiger partial charge in [0.25, 0.3) is 0 Å². The van der Waals surface area contributed by atoms with E-state index in [0.717, 1.165) is 10.6 Å². The van der Waals surface area contributed by atoms with E-state index in [-0.39, 0.29) is 6.04 Å². The highest BCUT2D eigenvalue weighted by atomic mass is 32.2. The zero-order valence-electron chi connectivity index (χ0n) is 11.0. The molecule has 1 N–H and O–H groups in total. The molecule has 0 aromatic heterocycles. The third-order valence-corrected chi connectivity index (χ3v) is 3.48. The molecule has 0 aliphatic heterocycles. The Morgan fingerprint density at radius 1 is 1.56 bits per heavy atom. The molecule has 1 aromatic rings. The number of carboxylic acid groups (broad SMARTS) is 1. The van der Waals surface area contributed by atoms with Gasteiger partial charge in [-0.15, -0.1) is 18.3 Å². The Morgan fingerprint density at radius 3 is 2.67 bits per heavy atom. The Bertz CT molecular complexity index is 443. The fourth-order valence-electron chi connectivity index (χ4n) is 1.87. The second-order valence-electron chi connectivity index (χ2n) is 4.19. The highest BCUT2D eigenvalue weighted by Gasteiger charge is 2.20. The van der Waals surface area contributed by atoms with Crippen molar-refractivity contribution in [3.8, 4) is 0 Å². The lowest BCUT2D eigenvalue weighted by Crippen LogP contribution is -2.32. The van der Waals surface area contributed by atoms with Crippen molar-refractivity contribution in [1.82, 2.24) is 0 Å². The van der Waals surface area contributed by atoms with E-state index >= 15 is 0 Å². The minimum absolute atomic E-state index is 0.221. The number of hydrogen-bond donors (Lipinski definition) is 1. The maximum absolute atomic E-state index is 11.5. The zero-order chi connectivity index (χ0) is 13.7. The lowest BCUT2D eigenvalue weighted by Gasteiger charge is -2.29. The highest BCUT2D eigenvalue weighted by molar-refractivity contribution is 7.98. The molecule has 98 valence electrons. The van der Waals surface area contributed by atoms with Crippen molar-refractivity contribution < 1.29 is 9.90 Å². The Morgan fingerprint density at radius 2 is 2.22 bits per heavy atom. The number of hydrogen-bond acceptors (Lipinski definition) is 3. The number of rotatable bonds is 6. The average molecular weight is 265 g/mol. The maximum atomic E-state index is 11.5. The molecule has 0 aliphatic carbocycles. The second kappa shape index (κ2) is 6.50. The van der Waals surface area contributed by atoms with E-state index < -0.39 is 5.97 Å². The van der Waals surface area contributed by atoms with Crippen LogP contribution in [-0.4, -0.2) is 29.9 Å². The lowest BCUT2D eigenvalue weighted by molar-refractivity contribution is 0.0694. The number of carbonyl (C=O) groups is 1. The van der Waals surface area contributed by atoms with E-state index in [1.54, 1.807) is 6.08 Å². The van der Waals surface area contributed by atoms with E-state index in [9.17, 15) is 9.90 Å². The quantitative estimate of drug-likeness (QED) is 0.631. The third kappa shape index (κ3) is 3.07. The molecule has 0 fully saturated rings. The molecular formula is C14H19NO2S. The van der Waals surface area contributed by atoms with Crippen LogP contribution in [0.25, 0.3) is 0 Å². The van der Waals surface area contributed by atoms with E-state index in [4.69, 9.17) is 0 Å². The number of aromatic carboxylic acids is 1. The van der Waals surface area contributed by atoms with E-state index in [2.05, 4.69) is 6.58 Å². The van der Waals surface area contributed by atoms with Crippen molar-refractivity contribution in [1.29, 1.82) is 0 Å². The van der Waals surface area contributed by atoms with Gasteiger partial charge in [0.1, 0.15) is 0 Å². The second-order valence-corrected chi connectivity index (χ2v) is 5.04. The van der Waals surface area contributed by atoms with Crippen LogP contribution in [0.4, 0.5) is 5.69 Å². The minimum Gasteiger partial charge on any atom is -0.478 e. The first-order valence-electron chi connectivity index (χ1n) is 5.80. The Balaban J connectivity index is 3.37. The summed E-state index contributed by atoms with van der Waals surface area (Å²) in [6.45, 7) is 8.45. The van der Waals surface area contributed by atoms with Gasteiger partial charge in [-0.05, 0) is 32.2 Å². The SMILES string of the molecule is C=CCN(c1cccc(SC)c1C(=O)O)C(C)C. The Labute approximate surface area is 113 Å². The predicted octanol–water partition coefficient (Wildman–Crippen LogP) is 3.51. The molecule has 0 saturated carbocycles. The molecule has 0 saturated heterocycles. The van der Waals surface area contributed by atoms with Crippen LogP contribution in [0.3, 0.4) is 0 Å². The number of carboxylic acids is 1. The fraction of sp³-hybridized carbons (Fsp3) is 0.357. The summed E-state index contributed by atoms with van der Waals surface area (Å²) in [6, 6.07) is 5.81. The first-order valence-corrected chi connectivity index (χ1v) is 7.03. The van der Waals surface area contributed by atoms with Gasteiger partial charge in [-0.1, -0.05) is 12.1 Å². The monoisotopic (exact) mass is 265 g/mol. The van der Waals surface area contributed by atoms with Gasteiger partial charge in [-0.25, -0.2) is 4.79 Å².